The van der Waals surface area contributed by atoms with Gasteiger partial charge in [0.25, 0.3) is 0 Å². The van der Waals surface area contributed by atoms with Gasteiger partial charge >= 0.3 is 5.97 Å². The molecule has 9 rings (SSSR count). The van der Waals surface area contributed by atoms with E-state index in [0.717, 1.165) is 51.4 Å². The van der Waals surface area contributed by atoms with Crippen LogP contribution >= 0.6 is 0 Å². The maximum Gasteiger partial charge on any atom is 0.315 e. The van der Waals surface area contributed by atoms with Crippen molar-refractivity contribution < 1.29 is 93.8 Å². The molecule has 10 N–H and O–H groups in total. The number of hydrogen-bond donors (Lipinski definition) is 10. The number of hydrogen-bond acceptors (Lipinski definition) is 19. The van der Waals surface area contributed by atoms with E-state index in [9.17, 15) is 51.1 Å². The first kappa shape index (κ1) is 53.4. The topological polar surface area (TPSA) is 293 Å². The summed E-state index contributed by atoms with van der Waals surface area (Å²) in [4.78, 5) is 15.3. The minimum absolute atomic E-state index is 0.0453. The molecule has 70 heavy (non-hydrogen) atoms. The van der Waals surface area contributed by atoms with Crippen molar-refractivity contribution in [2.45, 2.75) is 230 Å². The molecule has 0 radical (unpaired) electrons. The average Bonchev–Trinajstić information content (AvgIpc) is 3.30. The Balaban J connectivity index is 0.976. The fourth-order valence-corrected chi connectivity index (χ4v) is 15.5. The zero-order valence-electron chi connectivity index (χ0n) is 42.0. The van der Waals surface area contributed by atoms with Gasteiger partial charge in [0.15, 0.2) is 25.0 Å². The lowest BCUT2D eigenvalue weighted by molar-refractivity contribution is -0.388. The molecule has 4 heterocycles. The van der Waals surface area contributed by atoms with Crippen molar-refractivity contribution >= 4 is 5.97 Å². The van der Waals surface area contributed by atoms with Crippen LogP contribution in [0, 0.1) is 50.2 Å². The molecule has 0 aromatic heterocycles. The fourth-order valence-electron chi connectivity index (χ4n) is 15.5. The highest BCUT2D eigenvalue weighted by Gasteiger charge is 2.70. The Morgan fingerprint density at radius 2 is 1.14 bits per heavy atom. The van der Waals surface area contributed by atoms with Crippen molar-refractivity contribution in [2.24, 2.45) is 50.2 Å². The zero-order chi connectivity index (χ0) is 50.8. The predicted molar refractivity (Wildman–Crippen MR) is 243 cm³/mol. The molecule has 0 unspecified atom stereocenters. The molecule has 4 saturated carbocycles. The second kappa shape index (κ2) is 19.0. The molecule has 0 aromatic carbocycles. The molecule has 400 valence electrons. The molecule has 25 atom stereocenters. The van der Waals surface area contributed by atoms with E-state index in [1.54, 1.807) is 0 Å². The van der Waals surface area contributed by atoms with E-state index in [-0.39, 0.29) is 39.1 Å². The summed E-state index contributed by atoms with van der Waals surface area (Å²) in [6.07, 6.45) is -16.9. The van der Waals surface area contributed by atoms with Crippen LogP contribution in [0.15, 0.2) is 11.6 Å². The SMILES string of the molecule is C[C@@H]1O[C@@H](O[C@H]2[C@H](OC(=O)[C@]34CCC(C)(C)C[C@H]3C3=CC[C@@H]5[C@@]6(C)CC[C@H](O)C(C)(C)[C@@H]6CC[C@@]5(C)[C@]3(C)CC4)OC[C@H](O)[C@@H]2O)[C@H](O)[C@H](O[C@@H]2OC[C@@H](O)[C@H](O)[C@H]2O)[C@H]1O[C@@H]1OC[C@@H](O)[C@H](O)[C@H]1O. The second-order valence-corrected chi connectivity index (χ2v) is 24.9. The molecule has 0 amide bonds. The highest BCUT2D eigenvalue weighted by atomic mass is 16.8. The number of carbonyl (C=O) groups is 1. The van der Waals surface area contributed by atoms with E-state index in [1.807, 2.05) is 0 Å². The highest BCUT2D eigenvalue weighted by Crippen LogP contribution is 2.76. The van der Waals surface area contributed by atoms with Gasteiger partial charge in [-0.2, -0.15) is 0 Å². The van der Waals surface area contributed by atoms with E-state index in [1.165, 1.54) is 12.5 Å². The standard InChI is InChI=1S/C51H82O19/c1-23-38(67-41-35(59)32(56)26(52)20-63-41)39(68-42-36(60)33(57)27(53)21-64-42)37(61)43(66-23)69-40-34(58)28(54)22-65-44(40)70-45(62)51-17-15-46(2,3)19-25(51)24-9-10-30-48(6)13-12-31(55)47(4,5)29(48)11-14-50(30,8)49(24,7)16-18-51/h9,23,25-44,52-61H,10-22H2,1-8H3/t23-,25-,26+,27+,28-,29-,30+,31-,32-,33-,34-,35+,36+,37+,38-,39-,40+,41-,42-,43-,44-,48-,49+,50+,51-/m0/s1. The first-order chi connectivity index (χ1) is 32.7. The lowest BCUT2D eigenvalue weighted by Crippen LogP contribution is -2.66. The van der Waals surface area contributed by atoms with Crippen molar-refractivity contribution in [3.05, 3.63) is 11.6 Å². The van der Waals surface area contributed by atoms with Crippen molar-refractivity contribution in [3.63, 3.8) is 0 Å². The zero-order valence-corrected chi connectivity index (χ0v) is 42.0. The lowest BCUT2D eigenvalue weighted by Gasteiger charge is -2.71. The summed E-state index contributed by atoms with van der Waals surface area (Å²) in [6, 6.07) is 0. The van der Waals surface area contributed by atoms with Gasteiger partial charge in [-0.05, 0) is 116 Å². The summed E-state index contributed by atoms with van der Waals surface area (Å²) in [6.45, 7) is 16.6. The molecule has 19 nitrogen and oxygen atoms in total. The lowest BCUT2D eigenvalue weighted by atomic mass is 9.33. The predicted octanol–water partition coefficient (Wildman–Crippen LogP) is 0.910. The first-order valence-electron chi connectivity index (χ1n) is 25.9. The molecule has 8 fully saturated rings. The molecular weight excluding hydrogens is 917 g/mol. The molecular formula is C51H82O19. The molecule has 9 aliphatic rings. The monoisotopic (exact) mass is 999 g/mol. The van der Waals surface area contributed by atoms with Crippen molar-refractivity contribution in [1.82, 2.24) is 0 Å². The minimum atomic E-state index is -1.90. The number of aliphatic hydroxyl groups is 10. The maximum atomic E-state index is 15.3. The fraction of sp³-hybridized carbons (Fsp3) is 0.941. The van der Waals surface area contributed by atoms with E-state index < -0.39 is 136 Å². The van der Waals surface area contributed by atoms with Gasteiger partial charge in [-0.15, -0.1) is 0 Å². The quantitative estimate of drug-likeness (QED) is 0.119. The van der Waals surface area contributed by atoms with E-state index >= 15 is 4.79 Å². The van der Waals surface area contributed by atoms with Crippen molar-refractivity contribution in [1.29, 1.82) is 0 Å². The largest absolute Gasteiger partial charge is 0.432 e. The van der Waals surface area contributed by atoms with Gasteiger partial charge < -0.3 is 89.0 Å². The molecule has 0 aromatic rings. The number of ether oxygens (including phenoxy) is 8. The summed E-state index contributed by atoms with van der Waals surface area (Å²) in [7, 11) is 0. The normalized spacial score (nSPS) is 54.4. The molecule has 4 saturated heterocycles. The molecule has 4 aliphatic heterocycles. The minimum Gasteiger partial charge on any atom is -0.432 e. The number of allylic oxidation sites excluding steroid dienone is 2. The summed E-state index contributed by atoms with van der Waals surface area (Å²) < 4.78 is 47.9. The van der Waals surface area contributed by atoms with Crippen LogP contribution in [-0.4, -0.2) is 187 Å². The van der Waals surface area contributed by atoms with Crippen molar-refractivity contribution in [3.8, 4) is 0 Å². The van der Waals surface area contributed by atoms with E-state index in [2.05, 4.69) is 54.5 Å². The summed E-state index contributed by atoms with van der Waals surface area (Å²) in [5, 5.41) is 108. The van der Waals surface area contributed by atoms with Gasteiger partial charge in [-0.1, -0.05) is 60.1 Å². The van der Waals surface area contributed by atoms with Gasteiger partial charge in [0.05, 0.1) is 37.4 Å². The molecule has 19 heteroatoms. The second-order valence-electron chi connectivity index (χ2n) is 24.9. The summed E-state index contributed by atoms with van der Waals surface area (Å²) in [5.74, 6) is 0.139. The summed E-state index contributed by atoms with van der Waals surface area (Å²) in [5.41, 5.74) is -0.102. The number of carbonyl (C=O) groups excluding carboxylic acids is 1. The Kier molecular flexibility index (Phi) is 14.5. The Labute approximate surface area is 410 Å². The van der Waals surface area contributed by atoms with Crippen LogP contribution in [-0.2, 0) is 42.7 Å². The van der Waals surface area contributed by atoms with E-state index in [0.29, 0.717) is 24.7 Å². The van der Waals surface area contributed by atoms with Gasteiger partial charge in [-0.25, -0.2) is 0 Å². The number of aliphatic hydroxyl groups excluding tert-OH is 10. The Morgan fingerprint density at radius 1 is 0.586 bits per heavy atom. The molecule has 0 bridgehead atoms. The molecule has 0 spiro atoms. The van der Waals surface area contributed by atoms with Gasteiger partial charge in [0.2, 0.25) is 6.29 Å². The van der Waals surface area contributed by atoms with Crippen LogP contribution in [0.4, 0.5) is 0 Å². The van der Waals surface area contributed by atoms with E-state index in [4.69, 9.17) is 37.9 Å². The third-order valence-corrected chi connectivity index (χ3v) is 20.2. The van der Waals surface area contributed by atoms with Crippen LogP contribution in [0.5, 0.6) is 0 Å². The Morgan fingerprint density at radius 3 is 1.77 bits per heavy atom. The number of fused-ring (bicyclic) bond motifs is 7. The third kappa shape index (κ3) is 8.57. The summed E-state index contributed by atoms with van der Waals surface area (Å²) >= 11 is 0. The van der Waals surface area contributed by atoms with Crippen LogP contribution < -0.4 is 0 Å². The van der Waals surface area contributed by atoms with Crippen LogP contribution in [0.1, 0.15) is 120 Å². The van der Waals surface area contributed by atoms with Crippen molar-refractivity contribution in [2.75, 3.05) is 19.8 Å². The first-order valence-corrected chi connectivity index (χ1v) is 25.9. The third-order valence-electron chi connectivity index (χ3n) is 20.2. The highest BCUT2D eigenvalue weighted by molar-refractivity contribution is 5.79. The number of rotatable bonds is 8. The van der Waals surface area contributed by atoms with Gasteiger partial charge in [0.1, 0.15) is 67.1 Å². The van der Waals surface area contributed by atoms with Gasteiger partial charge in [0, 0.05) is 0 Å². The average molecular weight is 999 g/mol. The Bertz CT molecular complexity index is 1930. The maximum absolute atomic E-state index is 15.3. The van der Waals surface area contributed by atoms with Crippen LogP contribution in [0.3, 0.4) is 0 Å². The number of esters is 1. The Hall–Kier alpha value is -1.47. The van der Waals surface area contributed by atoms with Crippen LogP contribution in [0.25, 0.3) is 0 Å². The smallest absolute Gasteiger partial charge is 0.315 e. The molecule has 5 aliphatic carbocycles. The van der Waals surface area contributed by atoms with Crippen LogP contribution in [0.2, 0.25) is 0 Å². The van der Waals surface area contributed by atoms with Gasteiger partial charge in [-0.3, -0.25) is 4.79 Å².